The molecule has 0 heterocycles. The standard InChI is InChI=1S/C107H138O26/c1-80(2)106(112)130-63-37-27-28-38-64-131-107(113)87-73-92(132-78-85-65-88(122-55-29-19-11-15-23-33-59-126-94-47-39-81(69-98(94)114-3)43-51-102(108)118-7)75-89(66-85)123-56-30-20-12-16-24-34-60-127-95-48-40-82(70-99(95)115-4)44-52-103(109)119-8)77-93(74-87)133-79-86-67-90(124-57-31-21-13-17-25-35-61-128-96-49-41-83(71-100(96)116-5)45-53-104(110)120-9)76-91(68-86)125-58-32-22-14-18-26-36-62-129-97-50-42-84(72-101(97)117-6)46-54-105(111)121-10/h39-54,65-77H,1,11-38,55-64,78-79H2,2-10H3. The lowest BCUT2D eigenvalue weighted by atomic mass is 10.1. The van der Waals surface area contributed by atoms with Crippen molar-refractivity contribution in [1.29, 1.82) is 0 Å². The van der Waals surface area contributed by atoms with E-state index in [0.717, 1.165) is 200 Å². The monoisotopic (exact) mass is 1840 g/mol. The quantitative estimate of drug-likeness (QED) is 0.0148. The molecule has 7 aromatic rings. The van der Waals surface area contributed by atoms with Crippen LogP contribution in [0, 0.1) is 0 Å². The first-order valence-electron chi connectivity index (χ1n) is 46.4. The Balaban J connectivity index is 0.999. The lowest BCUT2D eigenvalue weighted by Crippen LogP contribution is -2.08. The first-order valence-corrected chi connectivity index (χ1v) is 46.4. The molecule has 0 aliphatic rings. The third kappa shape index (κ3) is 44.4. The lowest BCUT2D eigenvalue weighted by Gasteiger charge is -2.16. The van der Waals surface area contributed by atoms with Gasteiger partial charge >= 0.3 is 35.8 Å². The van der Waals surface area contributed by atoms with Gasteiger partial charge in [0, 0.05) is 48.1 Å². The van der Waals surface area contributed by atoms with Crippen LogP contribution in [0.4, 0.5) is 0 Å². The van der Waals surface area contributed by atoms with Crippen molar-refractivity contribution >= 4 is 60.1 Å². The summed E-state index contributed by atoms with van der Waals surface area (Å²) in [6, 6.07) is 38.8. The van der Waals surface area contributed by atoms with Gasteiger partial charge in [0.1, 0.15) is 47.7 Å². The number of hydrogen-bond acceptors (Lipinski definition) is 26. The van der Waals surface area contributed by atoms with E-state index in [1.807, 2.05) is 109 Å². The summed E-state index contributed by atoms with van der Waals surface area (Å²) in [5.74, 6) is 5.45. The van der Waals surface area contributed by atoms with Gasteiger partial charge in [-0.25, -0.2) is 28.8 Å². The molecule has 0 N–H and O–H groups in total. The summed E-state index contributed by atoms with van der Waals surface area (Å²) in [5, 5.41) is 0. The van der Waals surface area contributed by atoms with Gasteiger partial charge in [-0.3, -0.25) is 0 Å². The summed E-state index contributed by atoms with van der Waals surface area (Å²) in [6.45, 7) is 10.00. The van der Waals surface area contributed by atoms with Gasteiger partial charge in [0.2, 0.25) is 0 Å². The highest BCUT2D eigenvalue weighted by molar-refractivity contribution is 5.91. The average Bonchev–Trinajstić information content (AvgIpc) is 0.869. The third-order valence-electron chi connectivity index (χ3n) is 21.1. The number of methoxy groups -OCH3 is 8. The van der Waals surface area contributed by atoms with Crippen LogP contribution in [-0.4, -0.2) is 159 Å². The normalized spacial score (nSPS) is 11.1. The molecule has 0 aliphatic carbocycles. The van der Waals surface area contributed by atoms with E-state index in [-0.39, 0.29) is 32.0 Å². The van der Waals surface area contributed by atoms with Crippen molar-refractivity contribution in [3.05, 3.63) is 203 Å². The van der Waals surface area contributed by atoms with Gasteiger partial charge in [-0.15, -0.1) is 0 Å². The molecule has 26 heteroatoms. The van der Waals surface area contributed by atoms with Crippen LogP contribution in [0.3, 0.4) is 0 Å². The Kier molecular flexibility index (Phi) is 52.4. The Hall–Kier alpha value is -12.7. The molecule has 0 aromatic heterocycles. The first-order chi connectivity index (χ1) is 64.9. The molecule has 722 valence electrons. The van der Waals surface area contributed by atoms with E-state index in [0.29, 0.717) is 152 Å². The van der Waals surface area contributed by atoms with E-state index in [1.165, 1.54) is 52.7 Å². The van der Waals surface area contributed by atoms with Crippen LogP contribution in [0.2, 0.25) is 0 Å². The summed E-state index contributed by atoms with van der Waals surface area (Å²) < 4.78 is 116. The van der Waals surface area contributed by atoms with Crippen molar-refractivity contribution in [1.82, 2.24) is 0 Å². The number of benzene rings is 7. The predicted molar refractivity (Wildman–Crippen MR) is 513 cm³/mol. The van der Waals surface area contributed by atoms with E-state index in [2.05, 4.69) is 6.58 Å². The van der Waals surface area contributed by atoms with Crippen LogP contribution in [0.25, 0.3) is 24.3 Å². The Morgan fingerprint density at radius 3 is 0.714 bits per heavy atom. The Morgan fingerprint density at radius 1 is 0.248 bits per heavy atom. The molecule has 0 saturated carbocycles. The van der Waals surface area contributed by atoms with Gasteiger partial charge in [-0.2, -0.15) is 0 Å². The van der Waals surface area contributed by atoms with E-state index < -0.39 is 35.8 Å². The number of esters is 6. The summed E-state index contributed by atoms with van der Waals surface area (Å²) >= 11 is 0. The number of ether oxygens (including phenoxy) is 20. The minimum atomic E-state index is -0.547. The summed E-state index contributed by atoms with van der Waals surface area (Å²) in [5.41, 5.74) is 5.30. The zero-order chi connectivity index (χ0) is 95.1. The fraction of sp³-hybridized carbons (Fsp3) is 0.458. The fourth-order valence-corrected chi connectivity index (χ4v) is 13.7. The minimum Gasteiger partial charge on any atom is -0.493 e. The van der Waals surface area contributed by atoms with Crippen molar-refractivity contribution in [2.45, 2.75) is 200 Å². The second kappa shape index (κ2) is 64.9. The van der Waals surface area contributed by atoms with E-state index in [9.17, 15) is 28.8 Å². The van der Waals surface area contributed by atoms with Crippen molar-refractivity contribution in [3.8, 4) is 80.5 Å². The number of hydrogen-bond donors (Lipinski definition) is 0. The lowest BCUT2D eigenvalue weighted by molar-refractivity contribution is -0.139. The largest absolute Gasteiger partial charge is 0.493 e. The van der Waals surface area contributed by atoms with Gasteiger partial charge in [-0.1, -0.05) is 134 Å². The zero-order valence-corrected chi connectivity index (χ0v) is 79.3. The Morgan fingerprint density at radius 2 is 0.474 bits per heavy atom. The van der Waals surface area contributed by atoms with Gasteiger partial charge in [-0.05, 0) is 227 Å². The van der Waals surface area contributed by atoms with Gasteiger partial charge in [0.15, 0.2) is 46.0 Å². The van der Waals surface area contributed by atoms with Crippen LogP contribution in [0.5, 0.6) is 80.5 Å². The van der Waals surface area contributed by atoms with Crippen LogP contribution < -0.4 is 66.3 Å². The van der Waals surface area contributed by atoms with Crippen molar-refractivity contribution in [3.63, 3.8) is 0 Å². The average molecular weight is 1840 g/mol. The van der Waals surface area contributed by atoms with Crippen molar-refractivity contribution < 1.29 is 124 Å². The molecular formula is C107H138O26. The van der Waals surface area contributed by atoms with E-state index in [1.54, 1.807) is 77.9 Å². The highest BCUT2D eigenvalue weighted by atomic mass is 16.6. The predicted octanol–water partition coefficient (Wildman–Crippen LogP) is 22.7. The summed E-state index contributed by atoms with van der Waals surface area (Å²) in [7, 11) is 11.7. The molecule has 0 spiro atoms. The van der Waals surface area contributed by atoms with Gasteiger partial charge in [0.05, 0.1) is 129 Å². The number of unbranched alkanes of at least 4 members (excludes halogenated alkanes) is 23. The van der Waals surface area contributed by atoms with Crippen molar-refractivity contribution in [2.24, 2.45) is 0 Å². The second-order valence-corrected chi connectivity index (χ2v) is 31.7. The summed E-state index contributed by atoms with van der Waals surface area (Å²) in [4.78, 5) is 72.7. The number of rotatable bonds is 71. The minimum absolute atomic E-state index is 0.0875. The molecule has 0 unspecified atom stereocenters. The smallest absolute Gasteiger partial charge is 0.338 e. The van der Waals surface area contributed by atoms with Gasteiger partial charge in [0.25, 0.3) is 0 Å². The highest BCUT2D eigenvalue weighted by Gasteiger charge is 2.18. The van der Waals surface area contributed by atoms with Gasteiger partial charge < -0.3 is 94.7 Å². The maximum absolute atomic E-state index is 14.2. The zero-order valence-electron chi connectivity index (χ0n) is 79.3. The van der Waals surface area contributed by atoms with Crippen molar-refractivity contribution in [2.75, 3.05) is 123 Å². The summed E-state index contributed by atoms with van der Waals surface area (Å²) in [6.07, 6.45) is 37.8. The molecule has 7 aromatic carbocycles. The van der Waals surface area contributed by atoms with Crippen LogP contribution >= 0.6 is 0 Å². The molecule has 7 rings (SSSR count). The number of carbonyl (C=O) groups is 6. The SMILES string of the molecule is C=C(C)C(=O)OCCCCCCOC(=O)c1cc(OCc2cc(OCCCCCCCCOc3ccc(C=CC(=O)OC)cc3OC)cc(OCCCCCCCCOc3ccc(C=CC(=O)OC)cc3OC)c2)cc(OCc2cc(OCCCCCCCCOc3ccc(C=CC(=O)OC)cc3OC)cc(OCCCCCCCCOc3ccc(C=CC(=O)OC)cc3OC)c2)c1. The van der Waals surface area contributed by atoms with E-state index >= 15 is 0 Å². The third-order valence-corrected chi connectivity index (χ3v) is 21.1. The maximum Gasteiger partial charge on any atom is 0.338 e. The topological polar surface area (TPSA) is 287 Å². The Bertz CT molecular complexity index is 4270. The van der Waals surface area contributed by atoms with Crippen LogP contribution in [0.1, 0.15) is 230 Å². The molecule has 0 aliphatic heterocycles. The molecule has 133 heavy (non-hydrogen) atoms. The molecule has 0 bridgehead atoms. The fourth-order valence-electron chi connectivity index (χ4n) is 13.7. The molecule has 26 nitrogen and oxygen atoms in total. The molecule has 0 fully saturated rings. The maximum atomic E-state index is 14.2. The molecule has 0 atom stereocenters. The van der Waals surface area contributed by atoms with E-state index in [4.69, 9.17) is 94.7 Å². The number of carbonyl (C=O) groups excluding carboxylic acids is 6. The first kappa shape index (κ1) is 107. The highest BCUT2D eigenvalue weighted by Crippen LogP contribution is 2.36. The molecule has 0 amide bonds. The Labute approximate surface area is 785 Å². The molecular weight excluding hydrogens is 1700 g/mol. The second-order valence-electron chi connectivity index (χ2n) is 31.7. The molecule has 0 radical (unpaired) electrons. The van der Waals surface area contributed by atoms with Crippen LogP contribution in [-0.2, 0) is 65.6 Å². The molecule has 0 saturated heterocycles. The van der Waals surface area contributed by atoms with Crippen LogP contribution in [0.15, 0.2) is 164 Å².